The van der Waals surface area contributed by atoms with Crippen LogP contribution in [-0.4, -0.2) is 19.7 Å². The van der Waals surface area contributed by atoms with Crippen LogP contribution in [0.15, 0.2) is 58.0 Å². The summed E-state index contributed by atoms with van der Waals surface area (Å²) in [7, 11) is 0. The van der Waals surface area contributed by atoms with Gasteiger partial charge in [-0.2, -0.15) is 5.10 Å². The number of fused-ring (bicyclic) bond motifs is 1. The van der Waals surface area contributed by atoms with E-state index in [1.807, 2.05) is 0 Å². The Labute approximate surface area is 140 Å². The summed E-state index contributed by atoms with van der Waals surface area (Å²) in [6.45, 7) is 1.58. The highest BCUT2D eigenvalue weighted by atomic mass is 19.1. The second kappa shape index (κ2) is 5.55. The molecule has 0 unspecified atom stereocenters. The number of aromatic nitrogens is 3. The predicted octanol–water partition coefficient (Wildman–Crippen LogP) is 3.17. The third-order valence-electron chi connectivity index (χ3n) is 3.87. The van der Waals surface area contributed by atoms with Gasteiger partial charge in [0.05, 0.1) is 11.9 Å². The first-order valence-corrected chi connectivity index (χ1v) is 7.47. The largest absolute Gasteiger partial charge is 0.507 e. The fourth-order valence-corrected chi connectivity index (χ4v) is 2.75. The fourth-order valence-electron chi connectivity index (χ4n) is 2.75. The Morgan fingerprint density at radius 1 is 1.20 bits per heavy atom. The summed E-state index contributed by atoms with van der Waals surface area (Å²) >= 11 is 0. The molecule has 0 fully saturated rings. The van der Waals surface area contributed by atoms with Crippen molar-refractivity contribution in [3.8, 4) is 28.1 Å². The van der Waals surface area contributed by atoms with Crippen molar-refractivity contribution in [3.63, 3.8) is 0 Å². The van der Waals surface area contributed by atoms with Crippen molar-refractivity contribution < 1.29 is 13.9 Å². The van der Waals surface area contributed by atoms with E-state index in [4.69, 9.17) is 4.42 Å². The molecule has 0 radical (unpaired) electrons. The highest BCUT2D eigenvalue weighted by molar-refractivity contribution is 5.79. The average Bonchev–Trinajstić information content (AvgIpc) is 2.99. The zero-order valence-electron chi connectivity index (χ0n) is 13.1. The molecular weight excluding hydrogens is 325 g/mol. The van der Waals surface area contributed by atoms with Crippen LogP contribution < -0.4 is 5.63 Å². The second-order valence-corrected chi connectivity index (χ2v) is 5.54. The van der Waals surface area contributed by atoms with Crippen LogP contribution in [0.25, 0.3) is 28.0 Å². The van der Waals surface area contributed by atoms with Crippen molar-refractivity contribution in [2.75, 3.05) is 0 Å². The normalized spacial score (nSPS) is 11.1. The molecule has 0 bridgehead atoms. The van der Waals surface area contributed by atoms with Crippen LogP contribution in [0.3, 0.4) is 0 Å². The highest BCUT2D eigenvalue weighted by Gasteiger charge is 2.18. The lowest BCUT2D eigenvalue weighted by molar-refractivity contribution is 0.437. The van der Waals surface area contributed by atoms with E-state index in [1.54, 1.807) is 31.3 Å². The number of aryl methyl sites for hydroxylation is 1. The molecule has 25 heavy (non-hydrogen) atoms. The molecule has 0 saturated heterocycles. The minimum absolute atomic E-state index is 0.00626. The van der Waals surface area contributed by atoms with Crippen LogP contribution in [0.5, 0.6) is 5.75 Å². The Morgan fingerprint density at radius 3 is 2.68 bits per heavy atom. The molecule has 4 rings (SSSR count). The molecule has 1 N–H and O–H groups in total. The third kappa shape index (κ3) is 2.46. The van der Waals surface area contributed by atoms with E-state index in [2.05, 4.69) is 10.1 Å². The molecule has 3 aromatic heterocycles. The highest BCUT2D eigenvalue weighted by Crippen LogP contribution is 2.29. The maximum Gasteiger partial charge on any atom is 0.349 e. The minimum atomic E-state index is -0.663. The first kappa shape index (κ1) is 15.1. The second-order valence-electron chi connectivity index (χ2n) is 5.54. The van der Waals surface area contributed by atoms with Gasteiger partial charge in [0.2, 0.25) is 0 Å². The van der Waals surface area contributed by atoms with Crippen molar-refractivity contribution in [3.05, 3.63) is 70.8 Å². The van der Waals surface area contributed by atoms with E-state index in [0.717, 1.165) is 5.56 Å². The summed E-state index contributed by atoms with van der Waals surface area (Å²) in [6.07, 6.45) is 3.09. The van der Waals surface area contributed by atoms with Crippen molar-refractivity contribution in [2.45, 2.75) is 6.92 Å². The van der Waals surface area contributed by atoms with Crippen molar-refractivity contribution >= 4 is 5.65 Å². The summed E-state index contributed by atoms with van der Waals surface area (Å²) < 4.78 is 19.7. The molecule has 0 amide bonds. The number of hydrogen-bond donors (Lipinski definition) is 1. The third-order valence-corrected chi connectivity index (χ3v) is 3.87. The molecule has 7 heteroatoms. The van der Waals surface area contributed by atoms with E-state index in [-0.39, 0.29) is 17.1 Å². The van der Waals surface area contributed by atoms with Gasteiger partial charge in [0.25, 0.3) is 0 Å². The van der Waals surface area contributed by atoms with Gasteiger partial charge in [-0.3, -0.25) is 0 Å². The summed E-state index contributed by atoms with van der Waals surface area (Å²) in [5.41, 5.74) is 1.59. The Kier molecular flexibility index (Phi) is 3.35. The summed E-state index contributed by atoms with van der Waals surface area (Å²) in [6, 6.07) is 8.88. The van der Waals surface area contributed by atoms with E-state index >= 15 is 0 Å². The van der Waals surface area contributed by atoms with Crippen LogP contribution in [0.1, 0.15) is 5.76 Å². The van der Waals surface area contributed by atoms with Crippen LogP contribution in [-0.2, 0) is 0 Å². The van der Waals surface area contributed by atoms with Crippen LogP contribution >= 0.6 is 0 Å². The molecular formula is C18H12FN3O3. The van der Waals surface area contributed by atoms with Crippen LogP contribution in [0.4, 0.5) is 4.39 Å². The minimum Gasteiger partial charge on any atom is -0.507 e. The summed E-state index contributed by atoms with van der Waals surface area (Å²) in [4.78, 5) is 16.5. The first-order chi connectivity index (χ1) is 12.0. The first-order valence-electron chi connectivity index (χ1n) is 7.47. The van der Waals surface area contributed by atoms with Crippen molar-refractivity contribution in [1.82, 2.24) is 14.6 Å². The van der Waals surface area contributed by atoms with Crippen molar-refractivity contribution in [1.29, 1.82) is 0 Å². The summed E-state index contributed by atoms with van der Waals surface area (Å²) in [5, 5.41) is 14.4. The number of nitrogens with zero attached hydrogens (tertiary/aromatic N) is 3. The Balaban J connectivity index is 1.97. The Morgan fingerprint density at radius 2 is 1.96 bits per heavy atom. The topological polar surface area (TPSA) is 80.6 Å². The number of aromatic hydroxyl groups is 1. The van der Waals surface area contributed by atoms with Gasteiger partial charge in [0.1, 0.15) is 22.9 Å². The predicted molar refractivity (Wildman–Crippen MR) is 88.8 cm³/mol. The molecule has 0 saturated carbocycles. The van der Waals surface area contributed by atoms with Gasteiger partial charge >= 0.3 is 5.63 Å². The lowest BCUT2D eigenvalue weighted by Gasteiger charge is -2.06. The molecule has 0 atom stereocenters. The Bertz CT molecular complexity index is 1150. The van der Waals surface area contributed by atoms with E-state index in [9.17, 15) is 14.3 Å². The van der Waals surface area contributed by atoms with E-state index in [1.165, 1.54) is 28.9 Å². The summed E-state index contributed by atoms with van der Waals surface area (Å²) in [5.74, 6) is -0.222. The quantitative estimate of drug-likeness (QED) is 0.608. The number of hydrogen-bond acceptors (Lipinski definition) is 5. The van der Waals surface area contributed by atoms with Crippen molar-refractivity contribution in [2.24, 2.45) is 0 Å². The Hall–Kier alpha value is -3.48. The van der Waals surface area contributed by atoms with Gasteiger partial charge in [-0.1, -0.05) is 12.1 Å². The molecule has 124 valence electrons. The fraction of sp³-hybridized carbons (Fsp3) is 0.0556. The zero-order chi connectivity index (χ0) is 17.6. The standard InChI is InChI=1S/C18H12FN3O3/c1-10-8-15(23)16(18(24)25-10)14-6-7-20-17-13(9-21-22(14)17)11-2-4-12(19)5-3-11/h2-9,23H,1H3. The van der Waals surface area contributed by atoms with Gasteiger partial charge in [0.15, 0.2) is 5.65 Å². The van der Waals surface area contributed by atoms with E-state index < -0.39 is 5.63 Å². The molecule has 0 aliphatic heterocycles. The monoisotopic (exact) mass is 337 g/mol. The van der Waals surface area contributed by atoms with Gasteiger partial charge in [-0.15, -0.1) is 0 Å². The zero-order valence-corrected chi connectivity index (χ0v) is 13.1. The van der Waals surface area contributed by atoms with Crippen LogP contribution in [0, 0.1) is 12.7 Å². The molecule has 0 spiro atoms. The van der Waals surface area contributed by atoms with E-state index in [0.29, 0.717) is 22.7 Å². The molecule has 3 heterocycles. The van der Waals surface area contributed by atoms with Gasteiger partial charge in [-0.05, 0) is 30.7 Å². The van der Waals surface area contributed by atoms with Gasteiger partial charge in [0, 0.05) is 17.8 Å². The maximum atomic E-state index is 13.1. The average molecular weight is 337 g/mol. The van der Waals surface area contributed by atoms with Crippen LogP contribution in [0.2, 0.25) is 0 Å². The number of benzene rings is 1. The molecule has 1 aromatic carbocycles. The molecule has 0 aliphatic rings. The number of halogens is 1. The smallest absolute Gasteiger partial charge is 0.349 e. The molecule has 6 nitrogen and oxygen atoms in total. The molecule has 4 aromatic rings. The number of rotatable bonds is 2. The molecule has 0 aliphatic carbocycles. The maximum absolute atomic E-state index is 13.1. The lowest BCUT2D eigenvalue weighted by atomic mass is 10.1. The van der Waals surface area contributed by atoms with Gasteiger partial charge in [-0.25, -0.2) is 18.7 Å². The SMILES string of the molecule is Cc1cc(O)c(-c2ccnc3c(-c4ccc(F)cc4)cnn23)c(=O)o1. The lowest BCUT2D eigenvalue weighted by Crippen LogP contribution is -2.08. The van der Waals surface area contributed by atoms with Gasteiger partial charge < -0.3 is 9.52 Å².